The van der Waals surface area contributed by atoms with E-state index in [2.05, 4.69) is 15.0 Å². The summed E-state index contributed by atoms with van der Waals surface area (Å²) in [6.07, 6.45) is 0. The fraction of sp³-hybridized carbons (Fsp3) is 0.111. The predicted octanol–water partition coefficient (Wildman–Crippen LogP) is 1.19. The fourth-order valence-electron chi connectivity index (χ4n) is 1.18. The third kappa shape index (κ3) is 1.52. The lowest BCUT2D eigenvalue weighted by Gasteiger charge is -1.98. The van der Waals surface area contributed by atoms with Crippen LogP contribution in [-0.4, -0.2) is 25.2 Å². The molecule has 0 saturated carbocycles. The van der Waals surface area contributed by atoms with Crippen molar-refractivity contribution in [2.24, 2.45) is 0 Å². The van der Waals surface area contributed by atoms with Crippen LogP contribution in [0.5, 0.6) is 11.8 Å². The van der Waals surface area contributed by atoms with E-state index in [1.54, 1.807) is 6.07 Å². The maximum absolute atomic E-state index is 9.14. The summed E-state index contributed by atoms with van der Waals surface area (Å²) in [5.74, 6) is -0.227. The minimum absolute atomic E-state index is 0.250. The zero-order chi connectivity index (χ0) is 10.1. The maximum atomic E-state index is 9.14. The first-order valence-corrected chi connectivity index (χ1v) is 4.08. The summed E-state index contributed by atoms with van der Waals surface area (Å²) >= 11 is 0. The third-order valence-corrected chi connectivity index (χ3v) is 1.77. The van der Waals surface area contributed by atoms with E-state index >= 15 is 0 Å². The Hall–Kier alpha value is -2.04. The molecule has 2 heterocycles. The van der Waals surface area contributed by atoms with E-state index in [1.807, 2.05) is 13.0 Å². The van der Waals surface area contributed by atoms with Crippen molar-refractivity contribution in [2.75, 3.05) is 0 Å². The Balaban J connectivity index is 2.51. The number of nitrogens with one attached hydrogen (secondary N) is 1. The molecule has 5 heteroatoms. The van der Waals surface area contributed by atoms with Crippen molar-refractivity contribution in [1.82, 2.24) is 15.0 Å². The number of rotatable bonds is 1. The lowest BCUT2D eigenvalue weighted by molar-refractivity contribution is 0.423. The molecule has 2 aromatic heterocycles. The molecule has 2 aromatic rings. The zero-order valence-corrected chi connectivity index (χ0v) is 7.52. The molecule has 72 valence electrons. The Morgan fingerprint density at radius 1 is 1.14 bits per heavy atom. The molecule has 0 aromatic carbocycles. The van der Waals surface area contributed by atoms with Gasteiger partial charge < -0.3 is 15.2 Å². The maximum Gasteiger partial charge on any atom is 0.218 e. The molecule has 0 spiro atoms. The molecule has 0 aliphatic carbocycles. The highest BCUT2D eigenvalue weighted by Crippen LogP contribution is 2.20. The van der Waals surface area contributed by atoms with E-state index < -0.39 is 0 Å². The molecule has 0 radical (unpaired) electrons. The number of aromatic amines is 1. The van der Waals surface area contributed by atoms with Crippen LogP contribution in [0.2, 0.25) is 0 Å². The van der Waals surface area contributed by atoms with Crippen LogP contribution in [0.15, 0.2) is 18.2 Å². The van der Waals surface area contributed by atoms with Gasteiger partial charge in [0.25, 0.3) is 0 Å². The van der Waals surface area contributed by atoms with Crippen molar-refractivity contribution in [3.05, 3.63) is 23.9 Å². The van der Waals surface area contributed by atoms with E-state index in [4.69, 9.17) is 10.2 Å². The van der Waals surface area contributed by atoms with Gasteiger partial charge in [-0.3, -0.25) is 0 Å². The standard InChI is InChI=1S/C9H9N3O2/c1-5-2-3-6(10-5)9-11-7(13)4-8(14)12-9/h2-4,10H,1H3,(H2,11,12,13,14). The van der Waals surface area contributed by atoms with Gasteiger partial charge in [0.2, 0.25) is 11.8 Å². The average molecular weight is 191 g/mol. The third-order valence-electron chi connectivity index (χ3n) is 1.77. The molecular formula is C9H9N3O2. The zero-order valence-electron chi connectivity index (χ0n) is 7.52. The molecule has 0 aliphatic heterocycles. The predicted molar refractivity (Wildman–Crippen MR) is 49.9 cm³/mol. The summed E-state index contributed by atoms with van der Waals surface area (Å²) in [6.45, 7) is 1.89. The van der Waals surface area contributed by atoms with E-state index in [-0.39, 0.29) is 17.6 Å². The second-order valence-electron chi connectivity index (χ2n) is 2.96. The van der Waals surface area contributed by atoms with Gasteiger partial charge in [-0.25, -0.2) is 0 Å². The number of hydrogen-bond donors (Lipinski definition) is 3. The summed E-state index contributed by atoms with van der Waals surface area (Å²) in [4.78, 5) is 10.5. The minimum atomic E-state index is -0.250. The normalized spacial score (nSPS) is 10.4. The Morgan fingerprint density at radius 2 is 1.79 bits per heavy atom. The van der Waals surface area contributed by atoms with Gasteiger partial charge in [0.15, 0.2) is 5.82 Å². The molecule has 2 rings (SSSR count). The lowest BCUT2D eigenvalue weighted by atomic mass is 10.4. The highest BCUT2D eigenvalue weighted by Gasteiger charge is 2.06. The van der Waals surface area contributed by atoms with Gasteiger partial charge in [-0.2, -0.15) is 9.97 Å². The summed E-state index contributed by atoms with van der Waals surface area (Å²) in [5.41, 5.74) is 1.63. The van der Waals surface area contributed by atoms with Crippen molar-refractivity contribution >= 4 is 0 Å². The van der Waals surface area contributed by atoms with Crippen LogP contribution in [0.3, 0.4) is 0 Å². The molecule has 3 N–H and O–H groups in total. The van der Waals surface area contributed by atoms with Crippen LogP contribution in [-0.2, 0) is 0 Å². The molecule has 0 unspecified atom stereocenters. The van der Waals surface area contributed by atoms with Gasteiger partial charge in [0.1, 0.15) is 0 Å². The van der Waals surface area contributed by atoms with Crippen LogP contribution in [0, 0.1) is 6.92 Å². The van der Waals surface area contributed by atoms with Crippen LogP contribution in [0.4, 0.5) is 0 Å². The molecule has 0 bridgehead atoms. The molecular weight excluding hydrogens is 182 g/mol. The summed E-state index contributed by atoms with van der Waals surface area (Å²) in [7, 11) is 0. The van der Waals surface area contributed by atoms with Gasteiger partial charge in [-0.05, 0) is 19.1 Å². The van der Waals surface area contributed by atoms with Gasteiger partial charge in [0.05, 0.1) is 11.8 Å². The highest BCUT2D eigenvalue weighted by atomic mass is 16.3. The topological polar surface area (TPSA) is 82.0 Å². The fourth-order valence-corrected chi connectivity index (χ4v) is 1.18. The summed E-state index contributed by atoms with van der Waals surface area (Å²) in [5, 5.41) is 18.3. The Kier molecular flexibility index (Phi) is 1.85. The number of aryl methyl sites for hydroxylation is 1. The molecule has 0 saturated heterocycles. The first-order chi connectivity index (χ1) is 6.65. The number of aromatic hydroxyl groups is 2. The summed E-state index contributed by atoms with van der Waals surface area (Å²) < 4.78 is 0. The van der Waals surface area contributed by atoms with Gasteiger partial charge in [-0.15, -0.1) is 0 Å². The van der Waals surface area contributed by atoms with Gasteiger partial charge in [0, 0.05) is 5.69 Å². The van der Waals surface area contributed by atoms with E-state index in [1.165, 1.54) is 0 Å². The number of nitrogens with zero attached hydrogens (tertiary/aromatic N) is 2. The Bertz CT molecular complexity index is 445. The first-order valence-electron chi connectivity index (χ1n) is 4.08. The molecule has 0 aliphatic rings. The van der Waals surface area contributed by atoms with Crippen LogP contribution in [0.1, 0.15) is 5.69 Å². The summed E-state index contributed by atoms with van der Waals surface area (Å²) in [6, 6.07) is 4.72. The quantitative estimate of drug-likeness (QED) is 0.632. The van der Waals surface area contributed by atoms with Crippen molar-refractivity contribution in [3.8, 4) is 23.3 Å². The van der Waals surface area contributed by atoms with Crippen molar-refractivity contribution in [1.29, 1.82) is 0 Å². The van der Waals surface area contributed by atoms with Crippen LogP contribution < -0.4 is 0 Å². The van der Waals surface area contributed by atoms with Crippen LogP contribution >= 0.6 is 0 Å². The number of H-pyrrole nitrogens is 1. The average Bonchev–Trinajstić information content (AvgIpc) is 2.50. The lowest BCUT2D eigenvalue weighted by Crippen LogP contribution is -1.89. The van der Waals surface area contributed by atoms with Crippen molar-refractivity contribution < 1.29 is 10.2 Å². The molecule has 14 heavy (non-hydrogen) atoms. The minimum Gasteiger partial charge on any atom is -0.493 e. The first kappa shape index (κ1) is 8.55. The molecule has 0 fully saturated rings. The number of aromatic nitrogens is 3. The highest BCUT2D eigenvalue weighted by molar-refractivity contribution is 5.51. The smallest absolute Gasteiger partial charge is 0.218 e. The second kappa shape index (κ2) is 3.02. The van der Waals surface area contributed by atoms with Crippen molar-refractivity contribution in [3.63, 3.8) is 0 Å². The van der Waals surface area contributed by atoms with Gasteiger partial charge >= 0.3 is 0 Å². The second-order valence-corrected chi connectivity index (χ2v) is 2.96. The van der Waals surface area contributed by atoms with E-state index in [0.717, 1.165) is 11.8 Å². The van der Waals surface area contributed by atoms with Crippen molar-refractivity contribution in [2.45, 2.75) is 6.92 Å². The van der Waals surface area contributed by atoms with Gasteiger partial charge in [-0.1, -0.05) is 0 Å². The Labute approximate surface area is 80.1 Å². The SMILES string of the molecule is Cc1ccc(-c2nc(O)cc(O)n2)[nH]1. The molecule has 0 amide bonds. The molecule has 5 nitrogen and oxygen atoms in total. The Morgan fingerprint density at radius 3 is 2.29 bits per heavy atom. The van der Waals surface area contributed by atoms with Crippen LogP contribution in [0.25, 0.3) is 11.5 Å². The number of hydrogen-bond acceptors (Lipinski definition) is 4. The largest absolute Gasteiger partial charge is 0.493 e. The monoisotopic (exact) mass is 191 g/mol. The van der Waals surface area contributed by atoms with E-state index in [0.29, 0.717) is 5.69 Å². The van der Waals surface area contributed by atoms with E-state index in [9.17, 15) is 0 Å². The molecule has 0 atom stereocenters.